The lowest BCUT2D eigenvalue weighted by molar-refractivity contribution is 0.216. The van der Waals surface area contributed by atoms with Crippen molar-refractivity contribution in [3.63, 3.8) is 0 Å². The van der Waals surface area contributed by atoms with Crippen LogP contribution in [0.4, 0.5) is 0 Å². The lowest BCUT2D eigenvalue weighted by Crippen LogP contribution is -2.14. The molecule has 4 nitrogen and oxygen atoms in total. The number of hydrogen-bond donors (Lipinski definition) is 0. The first kappa shape index (κ1) is 12.7. The third-order valence-electron chi connectivity index (χ3n) is 3.09. The summed E-state index contributed by atoms with van der Waals surface area (Å²) < 4.78 is 10.9. The van der Waals surface area contributed by atoms with Gasteiger partial charge >= 0.3 is 0 Å². The fourth-order valence-corrected chi connectivity index (χ4v) is 1.77. The van der Waals surface area contributed by atoms with E-state index in [1.807, 2.05) is 0 Å². The summed E-state index contributed by atoms with van der Waals surface area (Å²) in [4.78, 5) is 8.06. The lowest BCUT2D eigenvalue weighted by Gasteiger charge is -2.24. The number of ether oxygens (including phenoxy) is 2. The first-order chi connectivity index (χ1) is 8.88. The van der Waals surface area contributed by atoms with Crippen molar-refractivity contribution in [2.75, 3.05) is 13.2 Å². The summed E-state index contributed by atoms with van der Waals surface area (Å²) in [6.07, 6.45) is 6.62. The standard InChI is InChI=1S/C14H18N2O2/c1-2-3-8-17-13-10-14(16-11-15-13)18-9-7-12-5-4-6-12/h10-12H,4-9H2,1H3. The van der Waals surface area contributed by atoms with Crippen LogP contribution in [0, 0.1) is 17.8 Å². The fourth-order valence-electron chi connectivity index (χ4n) is 1.77. The van der Waals surface area contributed by atoms with Crippen LogP contribution in [0.5, 0.6) is 11.8 Å². The van der Waals surface area contributed by atoms with E-state index in [4.69, 9.17) is 9.47 Å². The van der Waals surface area contributed by atoms with Gasteiger partial charge < -0.3 is 9.47 Å². The highest BCUT2D eigenvalue weighted by Gasteiger charge is 2.16. The molecule has 96 valence electrons. The monoisotopic (exact) mass is 246 g/mol. The van der Waals surface area contributed by atoms with Gasteiger partial charge in [-0.2, -0.15) is 0 Å². The van der Waals surface area contributed by atoms with Crippen LogP contribution in [0.1, 0.15) is 32.6 Å². The van der Waals surface area contributed by atoms with Crippen molar-refractivity contribution in [1.29, 1.82) is 0 Å². The van der Waals surface area contributed by atoms with Crippen LogP contribution in [0.15, 0.2) is 12.4 Å². The molecule has 0 N–H and O–H groups in total. The zero-order chi connectivity index (χ0) is 12.6. The zero-order valence-corrected chi connectivity index (χ0v) is 10.7. The third-order valence-corrected chi connectivity index (χ3v) is 3.09. The highest BCUT2D eigenvalue weighted by Crippen LogP contribution is 2.29. The molecule has 18 heavy (non-hydrogen) atoms. The Morgan fingerprint density at radius 2 is 2.06 bits per heavy atom. The van der Waals surface area contributed by atoms with E-state index in [9.17, 15) is 0 Å². The Morgan fingerprint density at radius 3 is 2.72 bits per heavy atom. The van der Waals surface area contributed by atoms with Crippen LogP contribution in [0.25, 0.3) is 0 Å². The molecule has 1 aromatic rings. The number of aromatic nitrogens is 2. The van der Waals surface area contributed by atoms with Crippen LogP contribution < -0.4 is 9.47 Å². The number of rotatable bonds is 6. The van der Waals surface area contributed by atoms with E-state index in [1.54, 1.807) is 13.0 Å². The zero-order valence-electron chi connectivity index (χ0n) is 10.7. The molecule has 0 amide bonds. The molecule has 1 saturated carbocycles. The Hall–Kier alpha value is -1.76. The van der Waals surface area contributed by atoms with Gasteiger partial charge in [-0.15, -0.1) is 5.92 Å². The highest BCUT2D eigenvalue weighted by molar-refractivity contribution is 5.18. The van der Waals surface area contributed by atoms with Gasteiger partial charge in [0, 0.05) is 0 Å². The molecule has 0 radical (unpaired) electrons. The maximum absolute atomic E-state index is 5.59. The minimum Gasteiger partial charge on any atom is -0.477 e. The number of nitrogens with zero attached hydrogens (tertiary/aromatic N) is 2. The van der Waals surface area contributed by atoms with Crippen LogP contribution in [0.2, 0.25) is 0 Å². The average Bonchev–Trinajstić information content (AvgIpc) is 2.33. The van der Waals surface area contributed by atoms with Crippen molar-refractivity contribution in [2.45, 2.75) is 32.6 Å². The Labute approximate surface area is 108 Å². The lowest BCUT2D eigenvalue weighted by atomic mass is 9.83. The maximum Gasteiger partial charge on any atom is 0.221 e. The van der Waals surface area contributed by atoms with Crippen LogP contribution >= 0.6 is 0 Å². The van der Waals surface area contributed by atoms with E-state index in [-0.39, 0.29) is 0 Å². The number of hydrogen-bond acceptors (Lipinski definition) is 4. The summed E-state index contributed by atoms with van der Waals surface area (Å²) in [5.41, 5.74) is 0. The van der Waals surface area contributed by atoms with Crippen LogP contribution in [0.3, 0.4) is 0 Å². The summed E-state index contributed by atoms with van der Waals surface area (Å²) in [5.74, 6) is 7.51. The van der Waals surface area contributed by atoms with E-state index < -0.39 is 0 Å². The van der Waals surface area contributed by atoms with Crippen molar-refractivity contribution in [3.05, 3.63) is 12.4 Å². The highest BCUT2D eigenvalue weighted by atomic mass is 16.5. The molecule has 0 unspecified atom stereocenters. The van der Waals surface area contributed by atoms with Gasteiger partial charge in [-0.05, 0) is 19.3 Å². The summed E-state index contributed by atoms with van der Waals surface area (Å²) >= 11 is 0. The summed E-state index contributed by atoms with van der Waals surface area (Å²) in [5, 5.41) is 0. The van der Waals surface area contributed by atoms with E-state index in [2.05, 4.69) is 21.8 Å². The van der Waals surface area contributed by atoms with E-state index in [1.165, 1.54) is 25.6 Å². The molecule has 4 heteroatoms. The quantitative estimate of drug-likeness (QED) is 0.723. The molecule has 1 aliphatic rings. The van der Waals surface area contributed by atoms with Crippen LogP contribution in [-0.2, 0) is 0 Å². The Balaban J connectivity index is 1.76. The first-order valence-corrected chi connectivity index (χ1v) is 6.35. The van der Waals surface area contributed by atoms with Gasteiger partial charge in [-0.1, -0.05) is 25.2 Å². The third kappa shape index (κ3) is 3.92. The predicted molar refractivity (Wildman–Crippen MR) is 68.4 cm³/mol. The largest absolute Gasteiger partial charge is 0.477 e. The molecular formula is C14H18N2O2. The fraction of sp³-hybridized carbons (Fsp3) is 0.571. The first-order valence-electron chi connectivity index (χ1n) is 6.35. The second-order valence-corrected chi connectivity index (χ2v) is 4.34. The molecule has 0 spiro atoms. The molecule has 1 aromatic heterocycles. The average molecular weight is 246 g/mol. The molecule has 0 atom stereocenters. The smallest absolute Gasteiger partial charge is 0.221 e. The summed E-state index contributed by atoms with van der Waals surface area (Å²) in [6, 6.07) is 1.71. The van der Waals surface area contributed by atoms with Crippen LogP contribution in [-0.4, -0.2) is 23.2 Å². The Morgan fingerprint density at radius 1 is 1.28 bits per heavy atom. The van der Waals surface area contributed by atoms with E-state index in [0.717, 1.165) is 18.9 Å². The van der Waals surface area contributed by atoms with Gasteiger partial charge in [0.1, 0.15) is 6.33 Å². The van der Waals surface area contributed by atoms with Gasteiger partial charge in [-0.25, -0.2) is 9.97 Å². The Bertz CT molecular complexity index is 433. The van der Waals surface area contributed by atoms with E-state index >= 15 is 0 Å². The predicted octanol–water partition coefficient (Wildman–Crippen LogP) is 2.45. The molecule has 0 aromatic carbocycles. The molecule has 1 aliphatic carbocycles. The van der Waals surface area contributed by atoms with Gasteiger partial charge in [0.2, 0.25) is 11.8 Å². The van der Waals surface area contributed by atoms with Crippen molar-refractivity contribution in [2.24, 2.45) is 5.92 Å². The molecule has 1 fully saturated rings. The molecule has 2 rings (SSSR count). The van der Waals surface area contributed by atoms with Gasteiger partial charge in [0.05, 0.1) is 12.7 Å². The molecule has 0 saturated heterocycles. The van der Waals surface area contributed by atoms with Crippen molar-refractivity contribution in [1.82, 2.24) is 9.97 Å². The van der Waals surface area contributed by atoms with Crippen molar-refractivity contribution >= 4 is 0 Å². The normalized spacial score (nSPS) is 14.3. The topological polar surface area (TPSA) is 44.2 Å². The Kier molecular flexibility index (Phi) is 4.83. The van der Waals surface area contributed by atoms with Crippen molar-refractivity contribution < 1.29 is 9.47 Å². The molecular weight excluding hydrogens is 228 g/mol. The van der Waals surface area contributed by atoms with Crippen molar-refractivity contribution in [3.8, 4) is 23.6 Å². The summed E-state index contributed by atoms with van der Waals surface area (Å²) in [6.45, 7) is 2.84. The molecule has 1 heterocycles. The maximum atomic E-state index is 5.59. The van der Waals surface area contributed by atoms with Gasteiger partial charge in [-0.3, -0.25) is 0 Å². The molecule has 0 aliphatic heterocycles. The second kappa shape index (κ2) is 6.85. The van der Waals surface area contributed by atoms with E-state index in [0.29, 0.717) is 18.4 Å². The second-order valence-electron chi connectivity index (χ2n) is 4.34. The molecule has 0 bridgehead atoms. The summed E-state index contributed by atoms with van der Waals surface area (Å²) in [7, 11) is 0. The minimum atomic E-state index is 0.342. The van der Waals surface area contributed by atoms with Gasteiger partial charge in [0.15, 0.2) is 6.61 Å². The van der Waals surface area contributed by atoms with Gasteiger partial charge in [0.25, 0.3) is 0 Å². The minimum absolute atomic E-state index is 0.342. The SMILES string of the molecule is CC#CCOc1cc(OCCC2CCC2)ncn1.